The van der Waals surface area contributed by atoms with Crippen LogP contribution in [0.5, 0.6) is 0 Å². The summed E-state index contributed by atoms with van der Waals surface area (Å²) >= 11 is 3.22. The van der Waals surface area contributed by atoms with Gasteiger partial charge in [0.2, 0.25) is 0 Å². The van der Waals surface area contributed by atoms with Crippen LogP contribution in [0.15, 0.2) is 22.9 Å². The Hall–Kier alpha value is -1.28. The van der Waals surface area contributed by atoms with Crippen LogP contribution in [0.2, 0.25) is 0 Å². The maximum Gasteiger partial charge on any atom is 0.273 e. The zero-order valence-electron chi connectivity index (χ0n) is 16.0. The minimum atomic E-state index is 0.0844. The Kier molecular flexibility index (Phi) is 5.92. The molecule has 1 amide bonds. The Morgan fingerprint density at radius 3 is 2.63 bits per heavy atom. The Bertz CT molecular complexity index is 743. The third-order valence-electron chi connectivity index (χ3n) is 5.37. The topological polar surface area (TPSA) is 45.7 Å². The number of rotatable bonds is 4. The molecule has 2 fully saturated rings. The van der Waals surface area contributed by atoms with Gasteiger partial charge in [0.25, 0.3) is 5.91 Å². The number of morpholine rings is 1. The molecule has 2 aromatic heterocycles. The quantitative estimate of drug-likeness (QED) is 0.775. The van der Waals surface area contributed by atoms with E-state index in [0.717, 1.165) is 55.5 Å². The fraction of sp³-hybridized carbons (Fsp3) is 0.600. The van der Waals surface area contributed by atoms with Gasteiger partial charge in [-0.1, -0.05) is 6.07 Å². The molecule has 4 heterocycles. The van der Waals surface area contributed by atoms with Crippen molar-refractivity contribution in [3.8, 4) is 9.88 Å². The number of thiophene rings is 1. The van der Waals surface area contributed by atoms with Gasteiger partial charge in [-0.2, -0.15) is 0 Å². The second-order valence-corrected chi connectivity index (χ2v) is 9.53. The van der Waals surface area contributed by atoms with E-state index < -0.39 is 0 Å². The van der Waals surface area contributed by atoms with Crippen molar-refractivity contribution in [2.45, 2.75) is 38.9 Å². The van der Waals surface area contributed by atoms with Gasteiger partial charge in [0.15, 0.2) is 0 Å². The predicted molar refractivity (Wildman–Crippen MR) is 111 cm³/mol. The number of piperidine rings is 1. The molecule has 5 nitrogen and oxygen atoms in total. The van der Waals surface area contributed by atoms with Crippen LogP contribution in [0.1, 0.15) is 37.2 Å². The maximum absolute atomic E-state index is 12.8. The van der Waals surface area contributed by atoms with Crippen molar-refractivity contribution in [3.05, 3.63) is 28.6 Å². The van der Waals surface area contributed by atoms with Crippen molar-refractivity contribution in [3.63, 3.8) is 0 Å². The highest BCUT2D eigenvalue weighted by molar-refractivity contribution is 7.20. The Balaban J connectivity index is 1.29. The number of carbonyl (C=O) groups excluding carboxylic acids is 1. The second-order valence-electron chi connectivity index (χ2n) is 7.73. The number of likely N-dealkylation sites (tertiary alicyclic amines) is 1. The molecular weight excluding hydrogens is 378 g/mol. The molecule has 0 aliphatic carbocycles. The van der Waals surface area contributed by atoms with E-state index in [0.29, 0.717) is 23.8 Å². The first-order valence-electron chi connectivity index (χ1n) is 9.75. The van der Waals surface area contributed by atoms with Crippen LogP contribution in [-0.4, -0.2) is 65.6 Å². The third kappa shape index (κ3) is 4.59. The summed E-state index contributed by atoms with van der Waals surface area (Å²) in [6.07, 6.45) is 2.79. The smallest absolute Gasteiger partial charge is 0.273 e. The summed E-state index contributed by atoms with van der Waals surface area (Å²) in [5.41, 5.74) is 0.595. The molecule has 146 valence electrons. The van der Waals surface area contributed by atoms with Crippen LogP contribution in [0, 0.1) is 5.92 Å². The summed E-state index contributed by atoms with van der Waals surface area (Å²) in [7, 11) is 0. The molecule has 4 rings (SSSR count). The lowest BCUT2D eigenvalue weighted by atomic mass is 9.95. The molecule has 0 bridgehead atoms. The van der Waals surface area contributed by atoms with Gasteiger partial charge in [0.05, 0.1) is 17.1 Å². The Morgan fingerprint density at radius 1 is 1.22 bits per heavy atom. The van der Waals surface area contributed by atoms with Crippen LogP contribution in [0.25, 0.3) is 9.88 Å². The number of hydrogen-bond donors (Lipinski definition) is 0. The van der Waals surface area contributed by atoms with Crippen molar-refractivity contribution in [2.24, 2.45) is 5.92 Å². The summed E-state index contributed by atoms with van der Waals surface area (Å²) in [6.45, 7) is 9.15. The monoisotopic (exact) mass is 405 g/mol. The van der Waals surface area contributed by atoms with Crippen molar-refractivity contribution in [2.75, 3.05) is 32.7 Å². The molecule has 0 N–H and O–H groups in total. The Labute approximate surface area is 169 Å². The molecule has 2 aromatic rings. The van der Waals surface area contributed by atoms with Crippen molar-refractivity contribution < 1.29 is 9.53 Å². The number of aromatic nitrogens is 1. The molecule has 0 aromatic carbocycles. The first-order valence-corrected chi connectivity index (χ1v) is 11.5. The van der Waals surface area contributed by atoms with Gasteiger partial charge >= 0.3 is 0 Å². The van der Waals surface area contributed by atoms with E-state index in [1.807, 2.05) is 21.7 Å². The molecular formula is C20H27N3O2S2. The highest BCUT2D eigenvalue weighted by Crippen LogP contribution is 2.29. The summed E-state index contributed by atoms with van der Waals surface area (Å²) in [4.78, 5) is 23.0. The zero-order chi connectivity index (χ0) is 18.8. The molecule has 7 heteroatoms. The summed E-state index contributed by atoms with van der Waals surface area (Å²) in [5.74, 6) is 0.754. The molecule has 0 radical (unpaired) electrons. The van der Waals surface area contributed by atoms with Gasteiger partial charge in [-0.05, 0) is 44.1 Å². The van der Waals surface area contributed by atoms with Crippen LogP contribution in [0.4, 0.5) is 0 Å². The number of amides is 1. The van der Waals surface area contributed by atoms with E-state index in [1.165, 1.54) is 0 Å². The average molecular weight is 406 g/mol. The summed E-state index contributed by atoms with van der Waals surface area (Å²) < 4.78 is 5.83. The number of nitrogens with zero attached hydrogens (tertiary/aromatic N) is 3. The normalized spacial score (nSPS) is 25.0. The van der Waals surface area contributed by atoms with Crippen molar-refractivity contribution in [1.82, 2.24) is 14.8 Å². The molecule has 0 saturated carbocycles. The molecule has 2 aliphatic heterocycles. The average Bonchev–Trinajstić information content (AvgIpc) is 3.32. The van der Waals surface area contributed by atoms with Crippen LogP contribution < -0.4 is 0 Å². The number of ether oxygens (including phenoxy) is 1. The van der Waals surface area contributed by atoms with Gasteiger partial charge in [-0.25, -0.2) is 4.98 Å². The zero-order valence-corrected chi connectivity index (χ0v) is 17.6. The maximum atomic E-state index is 12.8. The second kappa shape index (κ2) is 8.39. The molecule has 2 unspecified atom stereocenters. The standard InChI is InChI=1S/C20H27N3O2S2/c1-14-10-22(11-15(2)25-14)12-16-5-7-23(8-6-16)20(24)17-13-27-19(21-17)18-4-3-9-26-18/h3-4,9,13-16H,5-8,10-12H2,1-2H3. The fourth-order valence-electron chi connectivity index (χ4n) is 4.16. The van der Waals surface area contributed by atoms with E-state index in [2.05, 4.69) is 29.8 Å². The SMILES string of the molecule is CC1CN(CC2CCN(C(=O)c3csc(-c4cccs4)n3)CC2)CC(C)O1. The molecule has 0 spiro atoms. The van der Waals surface area contributed by atoms with E-state index in [4.69, 9.17) is 4.74 Å². The van der Waals surface area contributed by atoms with Gasteiger partial charge in [-0.3, -0.25) is 9.69 Å². The minimum absolute atomic E-state index is 0.0844. The highest BCUT2D eigenvalue weighted by atomic mass is 32.1. The fourth-order valence-corrected chi connectivity index (χ4v) is 5.77. The number of thiazole rings is 1. The van der Waals surface area contributed by atoms with Crippen LogP contribution >= 0.6 is 22.7 Å². The molecule has 27 heavy (non-hydrogen) atoms. The lowest BCUT2D eigenvalue weighted by Gasteiger charge is -2.39. The van der Waals surface area contributed by atoms with E-state index in [1.54, 1.807) is 22.7 Å². The largest absolute Gasteiger partial charge is 0.373 e. The van der Waals surface area contributed by atoms with Crippen molar-refractivity contribution >= 4 is 28.6 Å². The lowest BCUT2D eigenvalue weighted by Crippen LogP contribution is -2.48. The molecule has 2 atom stereocenters. The molecule has 2 aliphatic rings. The molecule has 2 saturated heterocycles. The van der Waals surface area contributed by atoms with Gasteiger partial charge in [0.1, 0.15) is 10.7 Å². The van der Waals surface area contributed by atoms with Crippen molar-refractivity contribution in [1.29, 1.82) is 0 Å². The summed E-state index contributed by atoms with van der Waals surface area (Å²) in [6, 6.07) is 4.07. The van der Waals surface area contributed by atoms with E-state index in [-0.39, 0.29) is 5.91 Å². The van der Waals surface area contributed by atoms with Gasteiger partial charge < -0.3 is 9.64 Å². The Morgan fingerprint density at radius 2 is 1.96 bits per heavy atom. The number of carbonyl (C=O) groups is 1. The van der Waals surface area contributed by atoms with Crippen LogP contribution in [-0.2, 0) is 4.74 Å². The van der Waals surface area contributed by atoms with E-state index in [9.17, 15) is 4.79 Å². The summed E-state index contributed by atoms with van der Waals surface area (Å²) in [5, 5.41) is 4.89. The van der Waals surface area contributed by atoms with Gasteiger partial charge in [-0.15, -0.1) is 22.7 Å². The lowest BCUT2D eigenvalue weighted by molar-refractivity contribution is -0.0728. The minimum Gasteiger partial charge on any atom is -0.373 e. The van der Waals surface area contributed by atoms with Gasteiger partial charge in [0, 0.05) is 38.1 Å². The highest BCUT2D eigenvalue weighted by Gasteiger charge is 2.29. The first-order chi connectivity index (χ1) is 13.1. The predicted octanol–water partition coefficient (Wildman–Crippen LogP) is 3.83. The van der Waals surface area contributed by atoms with Crippen LogP contribution in [0.3, 0.4) is 0 Å². The first kappa shape index (κ1) is 19.1. The third-order valence-corrected chi connectivity index (χ3v) is 7.25. The van der Waals surface area contributed by atoms with E-state index >= 15 is 0 Å². The number of hydrogen-bond acceptors (Lipinski definition) is 6.